The Morgan fingerprint density at radius 1 is 1.09 bits per heavy atom. The number of halogens is 1. The summed E-state index contributed by atoms with van der Waals surface area (Å²) >= 11 is 0. The maximum Gasteiger partial charge on any atom is 0.349 e. The largest absolute Gasteiger partial charge is 0.482 e. The number of fused-ring (bicyclic) bond motifs is 1. The lowest BCUT2D eigenvalue weighted by molar-refractivity contribution is -0.136. The van der Waals surface area contributed by atoms with Crippen molar-refractivity contribution in [2.45, 2.75) is 19.3 Å². The Labute approximate surface area is 190 Å². The molecule has 1 atom stereocenters. The van der Waals surface area contributed by atoms with Gasteiger partial charge in [-0.05, 0) is 36.2 Å². The smallest absolute Gasteiger partial charge is 0.349 e. The summed E-state index contributed by atoms with van der Waals surface area (Å²) in [6.07, 6.45) is 0.913. The first-order valence-corrected chi connectivity index (χ1v) is 10.4. The summed E-state index contributed by atoms with van der Waals surface area (Å²) in [6, 6.07) is 20.3. The molecule has 0 amide bonds. The van der Waals surface area contributed by atoms with E-state index >= 15 is 0 Å². The van der Waals surface area contributed by atoms with Crippen molar-refractivity contribution in [1.82, 2.24) is 0 Å². The molecule has 0 aromatic heterocycles. The predicted octanol–water partition coefficient (Wildman–Crippen LogP) is 4.59. The summed E-state index contributed by atoms with van der Waals surface area (Å²) in [4.78, 5) is 12.3. The van der Waals surface area contributed by atoms with Gasteiger partial charge in [-0.2, -0.15) is 5.26 Å². The molecule has 1 heterocycles. The lowest BCUT2D eigenvalue weighted by atomic mass is 9.83. The summed E-state index contributed by atoms with van der Waals surface area (Å²) < 4.78 is 31.0. The van der Waals surface area contributed by atoms with Crippen molar-refractivity contribution in [2.75, 3.05) is 6.61 Å². The van der Waals surface area contributed by atoms with Crippen molar-refractivity contribution in [1.29, 1.82) is 5.26 Å². The van der Waals surface area contributed by atoms with Crippen LogP contribution in [0.15, 0.2) is 78.2 Å². The Hall–Kier alpha value is -4.31. The minimum Gasteiger partial charge on any atom is -0.482 e. The minimum absolute atomic E-state index is 0.111. The highest BCUT2D eigenvalue weighted by atomic mass is 19.1. The Balaban J connectivity index is 1.52. The lowest BCUT2D eigenvalue weighted by Crippen LogP contribution is -2.22. The average Bonchev–Trinajstić information content (AvgIpc) is 2.82. The molecule has 0 fully saturated rings. The second-order valence-electron chi connectivity index (χ2n) is 7.41. The summed E-state index contributed by atoms with van der Waals surface area (Å²) in [5.41, 5.74) is 8.07. The van der Waals surface area contributed by atoms with Crippen LogP contribution in [0, 0.1) is 17.1 Å². The fourth-order valence-electron chi connectivity index (χ4n) is 3.65. The van der Waals surface area contributed by atoms with Gasteiger partial charge in [-0.15, -0.1) is 0 Å². The molecule has 0 saturated heterocycles. The molecule has 3 aromatic rings. The van der Waals surface area contributed by atoms with E-state index in [0.717, 1.165) is 6.42 Å². The van der Waals surface area contributed by atoms with E-state index in [9.17, 15) is 14.4 Å². The number of carbonyl (C=O) groups excluding carboxylic acids is 1. The van der Waals surface area contributed by atoms with Gasteiger partial charge in [0.2, 0.25) is 5.88 Å². The van der Waals surface area contributed by atoms with Crippen LogP contribution >= 0.6 is 0 Å². The van der Waals surface area contributed by atoms with Crippen LogP contribution in [0.3, 0.4) is 0 Å². The molecule has 166 valence electrons. The van der Waals surface area contributed by atoms with Crippen molar-refractivity contribution in [3.05, 3.63) is 101 Å². The van der Waals surface area contributed by atoms with E-state index in [1.165, 1.54) is 17.7 Å². The monoisotopic (exact) mass is 444 g/mol. The van der Waals surface area contributed by atoms with Gasteiger partial charge in [-0.25, -0.2) is 9.18 Å². The average molecular weight is 444 g/mol. The van der Waals surface area contributed by atoms with Gasteiger partial charge in [-0.1, -0.05) is 43.3 Å². The Bertz CT molecular complexity index is 1260. The quantitative estimate of drug-likeness (QED) is 0.441. The minimum atomic E-state index is -0.737. The van der Waals surface area contributed by atoms with Gasteiger partial charge in [0.05, 0.1) is 5.92 Å². The molecular formula is C26H21FN2O4. The van der Waals surface area contributed by atoms with Crippen LogP contribution in [0.1, 0.15) is 29.5 Å². The Morgan fingerprint density at radius 2 is 1.82 bits per heavy atom. The third-order valence-electron chi connectivity index (χ3n) is 5.33. The molecule has 3 aromatic carbocycles. The van der Waals surface area contributed by atoms with E-state index in [0.29, 0.717) is 16.9 Å². The zero-order chi connectivity index (χ0) is 23.4. The molecule has 2 N–H and O–H groups in total. The van der Waals surface area contributed by atoms with Crippen molar-refractivity contribution in [2.24, 2.45) is 5.73 Å². The van der Waals surface area contributed by atoms with E-state index in [2.05, 4.69) is 6.92 Å². The van der Waals surface area contributed by atoms with Crippen LogP contribution in [0.5, 0.6) is 17.2 Å². The van der Waals surface area contributed by atoms with E-state index in [4.69, 9.17) is 19.9 Å². The van der Waals surface area contributed by atoms with E-state index in [1.807, 2.05) is 18.2 Å². The van der Waals surface area contributed by atoms with Crippen LogP contribution < -0.4 is 19.9 Å². The van der Waals surface area contributed by atoms with Crippen molar-refractivity contribution in [3.8, 4) is 23.3 Å². The molecule has 0 saturated carbocycles. The van der Waals surface area contributed by atoms with Gasteiger partial charge >= 0.3 is 5.97 Å². The number of hydrogen-bond donors (Lipinski definition) is 1. The number of ether oxygens (including phenoxy) is 3. The third-order valence-corrected chi connectivity index (χ3v) is 5.33. The number of nitrogens with two attached hydrogens (primary N) is 1. The van der Waals surface area contributed by atoms with Crippen LogP contribution in [0.2, 0.25) is 0 Å². The van der Waals surface area contributed by atoms with E-state index < -0.39 is 17.7 Å². The highest BCUT2D eigenvalue weighted by Crippen LogP contribution is 2.44. The van der Waals surface area contributed by atoms with Crippen molar-refractivity contribution < 1.29 is 23.4 Å². The number of rotatable bonds is 6. The highest BCUT2D eigenvalue weighted by molar-refractivity contribution is 5.74. The normalized spacial score (nSPS) is 14.6. The zero-order valence-electron chi connectivity index (χ0n) is 17.9. The molecule has 0 bridgehead atoms. The number of benzene rings is 3. The summed E-state index contributed by atoms with van der Waals surface area (Å²) in [7, 11) is 0. The van der Waals surface area contributed by atoms with E-state index in [1.54, 1.807) is 42.5 Å². The third kappa shape index (κ3) is 4.65. The first-order valence-electron chi connectivity index (χ1n) is 10.4. The first-order chi connectivity index (χ1) is 16.0. The number of nitrogens with zero attached hydrogens (tertiary/aromatic N) is 1. The molecule has 0 aliphatic carbocycles. The first kappa shape index (κ1) is 21.9. The maximum absolute atomic E-state index is 14.5. The molecule has 0 spiro atoms. The molecule has 7 heteroatoms. The van der Waals surface area contributed by atoms with Gasteiger partial charge < -0.3 is 19.9 Å². The van der Waals surface area contributed by atoms with E-state index in [-0.39, 0.29) is 29.6 Å². The molecule has 1 aliphatic heterocycles. The SMILES string of the molecule is CCc1ccc(OCC(=O)Oc2ccc3c(c2)OC(N)=C(C#N)C3c2ccccc2F)cc1. The number of aryl methyl sites for hydroxylation is 1. The van der Waals surface area contributed by atoms with Gasteiger partial charge in [0.15, 0.2) is 6.61 Å². The van der Waals surface area contributed by atoms with Crippen LogP contribution in [0.25, 0.3) is 0 Å². The number of esters is 1. The van der Waals surface area contributed by atoms with Crippen molar-refractivity contribution in [3.63, 3.8) is 0 Å². The number of nitriles is 1. The summed E-state index contributed by atoms with van der Waals surface area (Å²) in [5, 5.41) is 9.59. The zero-order valence-corrected chi connectivity index (χ0v) is 17.9. The van der Waals surface area contributed by atoms with Crippen LogP contribution in [-0.2, 0) is 11.2 Å². The molecule has 33 heavy (non-hydrogen) atoms. The second-order valence-corrected chi connectivity index (χ2v) is 7.41. The number of carbonyl (C=O) groups is 1. The van der Waals surface area contributed by atoms with Crippen LogP contribution in [0.4, 0.5) is 4.39 Å². The molecule has 4 rings (SSSR count). The Kier molecular flexibility index (Phi) is 6.27. The topological polar surface area (TPSA) is 94.6 Å². The molecule has 0 radical (unpaired) electrons. The lowest BCUT2D eigenvalue weighted by Gasteiger charge is -2.27. The summed E-state index contributed by atoms with van der Waals surface area (Å²) in [5.74, 6) is -0.870. The molecule has 6 nitrogen and oxygen atoms in total. The fourth-order valence-corrected chi connectivity index (χ4v) is 3.65. The van der Waals surface area contributed by atoms with Gasteiger partial charge in [0.25, 0.3) is 0 Å². The standard InChI is InChI=1S/C26H21FN2O4/c1-2-16-7-9-17(10-8-16)31-15-24(30)32-18-11-12-20-23(13-18)33-26(29)21(14-28)25(20)19-5-3-4-6-22(19)27/h3-13,25H,2,15,29H2,1H3. The predicted molar refractivity (Wildman–Crippen MR) is 119 cm³/mol. The number of hydrogen-bond acceptors (Lipinski definition) is 6. The van der Waals surface area contributed by atoms with Gasteiger partial charge in [-0.3, -0.25) is 0 Å². The fraction of sp³-hybridized carbons (Fsp3) is 0.154. The molecule has 1 aliphatic rings. The molecule has 1 unspecified atom stereocenters. The highest BCUT2D eigenvalue weighted by Gasteiger charge is 2.32. The second kappa shape index (κ2) is 9.45. The van der Waals surface area contributed by atoms with Crippen LogP contribution in [-0.4, -0.2) is 12.6 Å². The Morgan fingerprint density at radius 3 is 2.52 bits per heavy atom. The van der Waals surface area contributed by atoms with Gasteiger partial charge in [0, 0.05) is 17.2 Å². The number of allylic oxidation sites excluding steroid dienone is 1. The van der Waals surface area contributed by atoms with Crippen molar-refractivity contribution >= 4 is 5.97 Å². The molecular weight excluding hydrogens is 423 g/mol. The van der Waals surface area contributed by atoms with Gasteiger partial charge in [0.1, 0.15) is 34.7 Å². The summed E-state index contributed by atoms with van der Waals surface area (Å²) in [6.45, 7) is 1.78. The maximum atomic E-state index is 14.5.